The summed E-state index contributed by atoms with van der Waals surface area (Å²) in [5, 5.41) is 14.9. The molecule has 152 valence electrons. The summed E-state index contributed by atoms with van der Waals surface area (Å²) < 4.78 is 6.11. The standard InChI is InChI=1S/C22H30N2O4/c25-21(24-16-8-4-3-5-9-16)15-23-14-18-17(19-12-13-20(18)28-19)10-6-1-2-7-11-22(26)27/h1,3-6,8-9,17-20,23H,2,7,10-15H2,(H,24,25)(H,26,27)/b6-1-/t17-,18-,19-,20+/m1/s1. The molecule has 2 bridgehead atoms. The zero-order valence-corrected chi connectivity index (χ0v) is 16.2. The van der Waals surface area contributed by atoms with Crippen molar-refractivity contribution in [2.45, 2.75) is 50.7 Å². The molecule has 0 aliphatic carbocycles. The quantitative estimate of drug-likeness (QED) is 0.401. The van der Waals surface area contributed by atoms with Crippen LogP contribution in [0.1, 0.15) is 38.5 Å². The summed E-state index contributed by atoms with van der Waals surface area (Å²) in [5.74, 6) is 0.119. The summed E-state index contributed by atoms with van der Waals surface area (Å²) in [7, 11) is 0. The third-order valence-corrected chi connectivity index (χ3v) is 5.65. The first-order chi connectivity index (χ1) is 13.6. The highest BCUT2D eigenvalue weighted by atomic mass is 16.5. The molecular formula is C22H30N2O4. The Bertz CT molecular complexity index is 676. The third-order valence-electron chi connectivity index (χ3n) is 5.65. The van der Waals surface area contributed by atoms with E-state index in [4.69, 9.17) is 9.84 Å². The number of allylic oxidation sites excluding steroid dienone is 2. The molecule has 4 atom stereocenters. The Morgan fingerprint density at radius 3 is 2.61 bits per heavy atom. The van der Waals surface area contributed by atoms with E-state index in [9.17, 15) is 9.59 Å². The van der Waals surface area contributed by atoms with E-state index in [-0.39, 0.29) is 12.3 Å². The van der Waals surface area contributed by atoms with Gasteiger partial charge in [0.2, 0.25) is 5.91 Å². The van der Waals surface area contributed by atoms with E-state index in [1.54, 1.807) is 0 Å². The van der Waals surface area contributed by atoms with Gasteiger partial charge in [0.15, 0.2) is 0 Å². The Morgan fingerprint density at radius 1 is 1.11 bits per heavy atom. The molecule has 1 aromatic carbocycles. The summed E-state index contributed by atoms with van der Waals surface area (Å²) in [6.07, 6.45) is 9.75. The lowest BCUT2D eigenvalue weighted by atomic mass is 9.77. The van der Waals surface area contributed by atoms with Gasteiger partial charge in [-0.25, -0.2) is 0 Å². The number of hydrogen-bond acceptors (Lipinski definition) is 4. The number of para-hydroxylation sites is 1. The maximum atomic E-state index is 12.1. The highest BCUT2D eigenvalue weighted by Crippen LogP contribution is 2.44. The first kappa shape index (κ1) is 20.6. The van der Waals surface area contributed by atoms with Crippen LogP contribution in [0.5, 0.6) is 0 Å². The average Bonchev–Trinajstić information content (AvgIpc) is 3.27. The molecule has 0 aromatic heterocycles. The van der Waals surface area contributed by atoms with Crippen molar-refractivity contribution in [2.24, 2.45) is 11.8 Å². The van der Waals surface area contributed by atoms with Crippen molar-refractivity contribution in [1.29, 1.82) is 0 Å². The summed E-state index contributed by atoms with van der Waals surface area (Å²) in [5.41, 5.74) is 0.809. The van der Waals surface area contributed by atoms with Gasteiger partial charge in [0.1, 0.15) is 0 Å². The molecule has 1 amide bonds. The summed E-state index contributed by atoms with van der Waals surface area (Å²) in [4.78, 5) is 22.6. The van der Waals surface area contributed by atoms with Crippen LogP contribution in [0.4, 0.5) is 5.69 Å². The van der Waals surface area contributed by atoms with Gasteiger partial charge in [0.25, 0.3) is 0 Å². The Balaban J connectivity index is 1.40. The molecule has 0 saturated carbocycles. The molecule has 2 fully saturated rings. The van der Waals surface area contributed by atoms with Crippen molar-refractivity contribution in [2.75, 3.05) is 18.4 Å². The maximum Gasteiger partial charge on any atom is 0.303 e. The molecule has 1 aromatic rings. The van der Waals surface area contributed by atoms with Crippen LogP contribution in [-0.2, 0) is 14.3 Å². The van der Waals surface area contributed by atoms with Crippen molar-refractivity contribution in [1.82, 2.24) is 5.32 Å². The number of fused-ring (bicyclic) bond motifs is 2. The lowest BCUT2D eigenvalue weighted by Crippen LogP contribution is -2.38. The predicted octanol–water partition coefficient (Wildman–Crippen LogP) is 3.21. The number of carbonyl (C=O) groups is 2. The van der Waals surface area contributed by atoms with E-state index < -0.39 is 5.97 Å². The number of amides is 1. The number of rotatable bonds is 11. The topological polar surface area (TPSA) is 87.7 Å². The monoisotopic (exact) mass is 386 g/mol. The number of carbonyl (C=O) groups excluding carboxylic acids is 1. The number of aliphatic carboxylic acids is 1. The van der Waals surface area contributed by atoms with Crippen LogP contribution in [0.3, 0.4) is 0 Å². The Kier molecular flexibility index (Phi) is 7.62. The summed E-state index contributed by atoms with van der Waals surface area (Å²) in [6, 6.07) is 9.47. The second-order valence-electron chi connectivity index (χ2n) is 7.66. The minimum atomic E-state index is -0.739. The second-order valence-corrected chi connectivity index (χ2v) is 7.66. The molecule has 6 heteroatoms. The number of benzene rings is 1. The smallest absolute Gasteiger partial charge is 0.303 e. The lowest BCUT2D eigenvalue weighted by molar-refractivity contribution is -0.137. The lowest BCUT2D eigenvalue weighted by Gasteiger charge is -2.27. The average molecular weight is 386 g/mol. The van der Waals surface area contributed by atoms with Crippen LogP contribution in [-0.4, -0.2) is 42.3 Å². The van der Waals surface area contributed by atoms with Crippen molar-refractivity contribution in [3.05, 3.63) is 42.5 Å². The van der Waals surface area contributed by atoms with Gasteiger partial charge in [-0.05, 0) is 50.2 Å². The number of hydrogen-bond donors (Lipinski definition) is 3. The number of unbranched alkanes of at least 4 members (excludes halogenated alkanes) is 1. The molecule has 0 spiro atoms. The predicted molar refractivity (Wildman–Crippen MR) is 108 cm³/mol. The molecule has 0 radical (unpaired) electrons. The minimum absolute atomic E-state index is 0.0369. The van der Waals surface area contributed by atoms with E-state index in [1.165, 1.54) is 0 Å². The number of ether oxygens (including phenoxy) is 1. The number of anilines is 1. The zero-order chi connectivity index (χ0) is 19.8. The second kappa shape index (κ2) is 10.4. The van der Waals surface area contributed by atoms with Crippen LogP contribution in [0.15, 0.2) is 42.5 Å². The third kappa shape index (κ3) is 5.91. The van der Waals surface area contributed by atoms with E-state index in [1.807, 2.05) is 30.3 Å². The Morgan fingerprint density at radius 2 is 1.86 bits per heavy atom. The minimum Gasteiger partial charge on any atom is -0.481 e. The van der Waals surface area contributed by atoms with Gasteiger partial charge < -0.3 is 20.5 Å². The van der Waals surface area contributed by atoms with Crippen molar-refractivity contribution < 1.29 is 19.4 Å². The van der Waals surface area contributed by atoms with Crippen LogP contribution in [0, 0.1) is 11.8 Å². The highest BCUT2D eigenvalue weighted by molar-refractivity contribution is 5.92. The number of carboxylic acid groups (broad SMARTS) is 1. The van der Waals surface area contributed by atoms with Gasteiger partial charge in [0, 0.05) is 24.6 Å². The zero-order valence-electron chi connectivity index (χ0n) is 16.2. The highest BCUT2D eigenvalue weighted by Gasteiger charge is 2.47. The fourth-order valence-electron chi connectivity index (χ4n) is 4.30. The van der Waals surface area contributed by atoms with E-state index in [0.29, 0.717) is 37.0 Å². The van der Waals surface area contributed by atoms with Crippen molar-refractivity contribution >= 4 is 17.6 Å². The van der Waals surface area contributed by atoms with E-state index in [2.05, 4.69) is 22.8 Å². The van der Waals surface area contributed by atoms with Gasteiger partial charge in [-0.2, -0.15) is 0 Å². The van der Waals surface area contributed by atoms with Crippen molar-refractivity contribution in [3.8, 4) is 0 Å². The molecule has 3 rings (SSSR count). The van der Waals surface area contributed by atoms with E-state index >= 15 is 0 Å². The number of carboxylic acids is 1. The van der Waals surface area contributed by atoms with Gasteiger partial charge >= 0.3 is 5.97 Å². The van der Waals surface area contributed by atoms with Crippen LogP contribution < -0.4 is 10.6 Å². The molecule has 2 aliphatic heterocycles. The molecule has 6 nitrogen and oxygen atoms in total. The van der Waals surface area contributed by atoms with Gasteiger partial charge in [-0.15, -0.1) is 0 Å². The SMILES string of the molecule is O=C(O)CCC/C=C\C[C@@H]1[C@@H](CNCC(=O)Nc2ccccc2)[C@@H]2CC[C@H]1O2. The molecule has 2 heterocycles. The molecule has 3 N–H and O–H groups in total. The summed E-state index contributed by atoms with van der Waals surface area (Å²) >= 11 is 0. The van der Waals surface area contributed by atoms with Gasteiger partial charge in [0.05, 0.1) is 18.8 Å². The maximum absolute atomic E-state index is 12.1. The van der Waals surface area contributed by atoms with Gasteiger partial charge in [-0.1, -0.05) is 30.4 Å². The van der Waals surface area contributed by atoms with Crippen molar-refractivity contribution in [3.63, 3.8) is 0 Å². The Labute approximate surface area is 166 Å². The molecule has 2 aliphatic rings. The fraction of sp³-hybridized carbons (Fsp3) is 0.545. The Hall–Kier alpha value is -2.18. The normalized spacial score (nSPS) is 26.0. The number of nitrogens with one attached hydrogen (secondary N) is 2. The van der Waals surface area contributed by atoms with Crippen LogP contribution in [0.2, 0.25) is 0 Å². The largest absolute Gasteiger partial charge is 0.481 e. The van der Waals surface area contributed by atoms with E-state index in [0.717, 1.165) is 37.9 Å². The molecular weight excluding hydrogens is 356 g/mol. The molecule has 2 saturated heterocycles. The first-order valence-corrected chi connectivity index (χ1v) is 10.2. The summed E-state index contributed by atoms with van der Waals surface area (Å²) in [6.45, 7) is 1.07. The van der Waals surface area contributed by atoms with Crippen LogP contribution >= 0.6 is 0 Å². The fourth-order valence-corrected chi connectivity index (χ4v) is 4.30. The first-order valence-electron chi connectivity index (χ1n) is 10.2. The molecule has 0 unspecified atom stereocenters. The van der Waals surface area contributed by atoms with Gasteiger partial charge in [-0.3, -0.25) is 9.59 Å². The van der Waals surface area contributed by atoms with Crippen LogP contribution in [0.25, 0.3) is 0 Å². The molecule has 28 heavy (non-hydrogen) atoms.